The lowest BCUT2D eigenvalue weighted by Crippen LogP contribution is -2.13. The summed E-state index contributed by atoms with van der Waals surface area (Å²) in [6, 6.07) is 6.77. The van der Waals surface area contributed by atoms with Crippen LogP contribution in [0.4, 0.5) is 5.82 Å². The number of nitrogens with zero attached hydrogens (tertiary/aromatic N) is 1. The second-order valence-electron chi connectivity index (χ2n) is 5.12. The van der Waals surface area contributed by atoms with Crippen LogP contribution in [0.2, 0.25) is 0 Å². The molecule has 1 heterocycles. The van der Waals surface area contributed by atoms with Gasteiger partial charge in [-0.2, -0.15) is 0 Å². The van der Waals surface area contributed by atoms with E-state index >= 15 is 0 Å². The highest BCUT2D eigenvalue weighted by Gasteiger charge is 2.16. The van der Waals surface area contributed by atoms with Crippen molar-refractivity contribution in [3.63, 3.8) is 0 Å². The Labute approximate surface area is 140 Å². The highest BCUT2D eigenvalue weighted by Crippen LogP contribution is 2.40. The Morgan fingerprint density at radius 2 is 1.75 bits per heavy atom. The molecule has 0 aliphatic carbocycles. The number of amides is 1. The molecule has 24 heavy (non-hydrogen) atoms. The van der Waals surface area contributed by atoms with Crippen molar-refractivity contribution in [3.8, 4) is 17.2 Å². The van der Waals surface area contributed by atoms with E-state index in [-0.39, 0.29) is 6.04 Å². The van der Waals surface area contributed by atoms with Crippen LogP contribution in [0.15, 0.2) is 30.5 Å². The number of carbonyl (C=O) groups is 1. The molecular weight excluding hydrogens is 310 g/mol. The SMILES string of the molecule is COc1cc(C(C)Nc2cc(C(N)=O)ccn2)cc(OC)c1OC. The summed E-state index contributed by atoms with van der Waals surface area (Å²) in [5, 5.41) is 3.22. The van der Waals surface area contributed by atoms with Gasteiger partial charge in [0.2, 0.25) is 11.7 Å². The molecule has 1 aromatic carbocycles. The van der Waals surface area contributed by atoms with Gasteiger partial charge in [-0.1, -0.05) is 0 Å². The fourth-order valence-corrected chi connectivity index (χ4v) is 2.32. The van der Waals surface area contributed by atoms with E-state index in [0.717, 1.165) is 5.56 Å². The quantitative estimate of drug-likeness (QED) is 0.809. The van der Waals surface area contributed by atoms with E-state index < -0.39 is 5.91 Å². The molecule has 0 saturated heterocycles. The summed E-state index contributed by atoms with van der Waals surface area (Å²) >= 11 is 0. The number of benzene rings is 1. The van der Waals surface area contributed by atoms with Gasteiger partial charge in [-0.15, -0.1) is 0 Å². The van der Waals surface area contributed by atoms with Gasteiger partial charge >= 0.3 is 0 Å². The topological polar surface area (TPSA) is 95.7 Å². The largest absolute Gasteiger partial charge is 0.493 e. The third-order valence-corrected chi connectivity index (χ3v) is 3.60. The number of nitrogens with two attached hydrogens (primary N) is 1. The molecule has 2 rings (SSSR count). The zero-order valence-electron chi connectivity index (χ0n) is 14.1. The predicted octanol–water partition coefficient (Wildman–Crippen LogP) is 2.38. The van der Waals surface area contributed by atoms with Crippen LogP contribution in [0, 0.1) is 0 Å². The number of hydrogen-bond acceptors (Lipinski definition) is 6. The third-order valence-electron chi connectivity index (χ3n) is 3.60. The molecule has 7 heteroatoms. The summed E-state index contributed by atoms with van der Waals surface area (Å²) < 4.78 is 16.0. The number of nitrogens with one attached hydrogen (secondary N) is 1. The fourth-order valence-electron chi connectivity index (χ4n) is 2.32. The molecule has 7 nitrogen and oxygen atoms in total. The van der Waals surface area contributed by atoms with Crippen LogP contribution >= 0.6 is 0 Å². The Hall–Kier alpha value is -2.96. The highest BCUT2D eigenvalue weighted by molar-refractivity contribution is 5.93. The van der Waals surface area contributed by atoms with Crippen molar-refractivity contribution in [3.05, 3.63) is 41.6 Å². The predicted molar refractivity (Wildman–Crippen MR) is 90.9 cm³/mol. The van der Waals surface area contributed by atoms with Crippen molar-refractivity contribution >= 4 is 11.7 Å². The van der Waals surface area contributed by atoms with E-state index in [2.05, 4.69) is 10.3 Å². The Balaban J connectivity index is 2.31. The number of primary amides is 1. The number of ether oxygens (including phenoxy) is 3. The highest BCUT2D eigenvalue weighted by atomic mass is 16.5. The molecule has 1 unspecified atom stereocenters. The van der Waals surface area contributed by atoms with Crippen molar-refractivity contribution < 1.29 is 19.0 Å². The first-order valence-corrected chi connectivity index (χ1v) is 7.32. The molecule has 0 fully saturated rings. The smallest absolute Gasteiger partial charge is 0.248 e. The van der Waals surface area contributed by atoms with E-state index in [9.17, 15) is 4.79 Å². The summed E-state index contributed by atoms with van der Waals surface area (Å²) in [6.45, 7) is 1.96. The lowest BCUT2D eigenvalue weighted by Gasteiger charge is -2.19. The summed E-state index contributed by atoms with van der Waals surface area (Å²) in [6.07, 6.45) is 1.53. The zero-order chi connectivity index (χ0) is 17.7. The molecule has 0 radical (unpaired) electrons. The first kappa shape index (κ1) is 17.4. The van der Waals surface area contributed by atoms with Crippen LogP contribution in [0.5, 0.6) is 17.2 Å². The minimum Gasteiger partial charge on any atom is -0.493 e. The first-order valence-electron chi connectivity index (χ1n) is 7.32. The van der Waals surface area contributed by atoms with Gasteiger partial charge in [0.15, 0.2) is 11.5 Å². The van der Waals surface area contributed by atoms with Crippen LogP contribution in [0.1, 0.15) is 28.9 Å². The summed E-state index contributed by atoms with van der Waals surface area (Å²) in [5.74, 6) is 1.72. The van der Waals surface area contributed by atoms with Crippen LogP contribution in [0.25, 0.3) is 0 Å². The normalized spacial score (nSPS) is 11.5. The van der Waals surface area contributed by atoms with Gasteiger partial charge in [-0.05, 0) is 36.8 Å². The molecule has 2 aromatic rings. The molecule has 0 spiro atoms. The number of aromatic nitrogens is 1. The number of hydrogen-bond donors (Lipinski definition) is 2. The van der Waals surface area contributed by atoms with Crippen molar-refractivity contribution in [1.82, 2.24) is 4.98 Å². The number of pyridine rings is 1. The van der Waals surface area contributed by atoms with Gasteiger partial charge in [0.05, 0.1) is 27.4 Å². The van der Waals surface area contributed by atoms with Crippen LogP contribution in [-0.2, 0) is 0 Å². The first-order chi connectivity index (χ1) is 11.5. The molecule has 0 aliphatic heterocycles. The minimum atomic E-state index is -0.499. The Bertz CT molecular complexity index is 709. The molecule has 1 aromatic heterocycles. The molecule has 0 saturated carbocycles. The maximum absolute atomic E-state index is 11.3. The van der Waals surface area contributed by atoms with Crippen LogP contribution in [0.3, 0.4) is 0 Å². The van der Waals surface area contributed by atoms with E-state index in [4.69, 9.17) is 19.9 Å². The van der Waals surface area contributed by atoms with Gasteiger partial charge in [-0.25, -0.2) is 4.98 Å². The van der Waals surface area contributed by atoms with E-state index in [1.807, 2.05) is 19.1 Å². The average molecular weight is 331 g/mol. The number of carbonyl (C=O) groups excluding carboxylic acids is 1. The molecule has 0 aliphatic rings. The number of methoxy groups -OCH3 is 3. The second kappa shape index (κ2) is 7.54. The van der Waals surface area contributed by atoms with Crippen LogP contribution < -0.4 is 25.3 Å². The van der Waals surface area contributed by atoms with Crippen molar-refractivity contribution in [1.29, 1.82) is 0 Å². The van der Waals surface area contributed by atoms with Gasteiger partial charge in [-0.3, -0.25) is 4.79 Å². The van der Waals surface area contributed by atoms with E-state index in [1.165, 1.54) is 6.20 Å². The van der Waals surface area contributed by atoms with E-state index in [0.29, 0.717) is 28.6 Å². The Morgan fingerprint density at radius 3 is 2.25 bits per heavy atom. The maximum atomic E-state index is 11.3. The fraction of sp³-hybridized carbons (Fsp3) is 0.294. The lowest BCUT2D eigenvalue weighted by molar-refractivity contribution is 0.1000. The van der Waals surface area contributed by atoms with E-state index in [1.54, 1.807) is 33.5 Å². The van der Waals surface area contributed by atoms with Crippen molar-refractivity contribution in [2.75, 3.05) is 26.6 Å². The molecular formula is C17H21N3O4. The van der Waals surface area contributed by atoms with Crippen LogP contribution in [-0.4, -0.2) is 32.2 Å². The molecule has 0 bridgehead atoms. The van der Waals surface area contributed by atoms with Gasteiger partial charge < -0.3 is 25.3 Å². The monoisotopic (exact) mass is 331 g/mol. The molecule has 1 atom stereocenters. The molecule has 128 valence electrons. The van der Waals surface area contributed by atoms with Crippen molar-refractivity contribution in [2.45, 2.75) is 13.0 Å². The summed E-state index contributed by atoms with van der Waals surface area (Å²) in [7, 11) is 4.69. The Morgan fingerprint density at radius 1 is 1.12 bits per heavy atom. The maximum Gasteiger partial charge on any atom is 0.248 e. The average Bonchev–Trinajstić information content (AvgIpc) is 2.60. The zero-order valence-corrected chi connectivity index (χ0v) is 14.1. The lowest BCUT2D eigenvalue weighted by atomic mass is 10.1. The third kappa shape index (κ3) is 3.68. The minimum absolute atomic E-state index is 0.116. The number of anilines is 1. The van der Waals surface area contributed by atoms with Gasteiger partial charge in [0.25, 0.3) is 0 Å². The molecule has 3 N–H and O–H groups in total. The second-order valence-corrected chi connectivity index (χ2v) is 5.12. The standard InChI is InChI=1S/C17H21N3O4/c1-10(20-15-9-11(17(18)21)5-6-19-15)12-7-13(22-2)16(24-4)14(8-12)23-3/h5-10H,1-4H3,(H2,18,21)(H,19,20). The Kier molecular flexibility index (Phi) is 5.47. The van der Waals surface area contributed by atoms with Gasteiger partial charge in [0, 0.05) is 11.8 Å². The summed E-state index contributed by atoms with van der Waals surface area (Å²) in [4.78, 5) is 15.5. The summed E-state index contributed by atoms with van der Waals surface area (Å²) in [5.41, 5.74) is 6.60. The van der Waals surface area contributed by atoms with Crippen molar-refractivity contribution in [2.24, 2.45) is 5.73 Å². The number of rotatable bonds is 7. The van der Waals surface area contributed by atoms with Gasteiger partial charge in [0.1, 0.15) is 5.82 Å². The molecule has 1 amide bonds.